The standard InChI is InChI=1S/C33H36Cl2N4O4S/c1-20-24(18-32(40)39-14-10-22(11-15-39)38-12-3-4-13-38)21(2)36-31(20)17-26-25-16-23(8-9-30(25)37-33(26)41)44(42,43)19-27-28(34)6-5-7-29(27)35/h5-9,16-17,22,36H,3-4,10-15,18-19H2,1-2H3,(H,37,41)/b26-17-. The summed E-state index contributed by atoms with van der Waals surface area (Å²) >= 11 is 12.5. The highest BCUT2D eigenvalue weighted by molar-refractivity contribution is 7.90. The maximum atomic E-state index is 13.4. The van der Waals surface area contributed by atoms with Crippen LogP contribution in [0.15, 0.2) is 41.3 Å². The molecule has 3 aliphatic rings. The molecule has 2 fully saturated rings. The summed E-state index contributed by atoms with van der Waals surface area (Å²) in [4.78, 5) is 34.3. The fourth-order valence-corrected chi connectivity index (χ4v) is 8.79. The summed E-state index contributed by atoms with van der Waals surface area (Å²) in [6, 6.07) is 10.0. The molecule has 0 atom stereocenters. The fourth-order valence-electron chi connectivity index (χ4n) is 6.67. The van der Waals surface area contributed by atoms with Gasteiger partial charge in [-0.05, 0) is 100 Å². The van der Waals surface area contributed by atoms with Gasteiger partial charge in [-0.3, -0.25) is 9.59 Å². The number of aromatic amines is 1. The van der Waals surface area contributed by atoms with Gasteiger partial charge in [0.05, 0.1) is 22.6 Å². The lowest BCUT2D eigenvalue weighted by Crippen LogP contribution is -2.46. The van der Waals surface area contributed by atoms with Crippen LogP contribution < -0.4 is 5.32 Å². The molecule has 0 unspecified atom stereocenters. The average Bonchev–Trinajstić information content (AvgIpc) is 3.71. The Bertz CT molecular complexity index is 1750. The van der Waals surface area contributed by atoms with Gasteiger partial charge in [0, 0.05) is 57.4 Å². The van der Waals surface area contributed by atoms with Crippen molar-refractivity contribution in [3.8, 4) is 0 Å². The number of likely N-dealkylation sites (tertiary alicyclic amines) is 2. The first-order valence-corrected chi connectivity index (χ1v) is 17.5. The highest BCUT2D eigenvalue weighted by Gasteiger charge is 2.30. The third kappa shape index (κ3) is 6.07. The Morgan fingerprint density at radius 3 is 2.36 bits per heavy atom. The number of rotatable bonds is 7. The summed E-state index contributed by atoms with van der Waals surface area (Å²) in [5.41, 5.74) is 5.11. The SMILES string of the molecule is Cc1[nH]c(/C=C2\C(=O)Nc3ccc(S(=O)(=O)Cc4c(Cl)cccc4Cl)cc32)c(C)c1CC(=O)N1CCC(N2CCCC2)CC1. The van der Waals surface area contributed by atoms with Crippen molar-refractivity contribution in [1.82, 2.24) is 14.8 Å². The van der Waals surface area contributed by atoms with Crippen LogP contribution in [0.2, 0.25) is 10.0 Å². The number of carbonyl (C=O) groups is 2. The van der Waals surface area contributed by atoms with Gasteiger partial charge in [-0.1, -0.05) is 29.3 Å². The van der Waals surface area contributed by atoms with E-state index in [1.165, 1.54) is 38.1 Å². The summed E-state index contributed by atoms with van der Waals surface area (Å²) in [6.45, 7) is 7.80. The zero-order valence-electron chi connectivity index (χ0n) is 24.9. The lowest BCUT2D eigenvalue weighted by Gasteiger charge is -2.36. The van der Waals surface area contributed by atoms with Crippen molar-refractivity contribution in [1.29, 1.82) is 0 Å². The van der Waals surface area contributed by atoms with Crippen molar-refractivity contribution >= 4 is 62.2 Å². The average molecular weight is 656 g/mol. The number of H-pyrrole nitrogens is 1. The summed E-state index contributed by atoms with van der Waals surface area (Å²) in [6.07, 6.45) is 6.62. The van der Waals surface area contributed by atoms with Crippen LogP contribution >= 0.6 is 23.2 Å². The van der Waals surface area contributed by atoms with Gasteiger partial charge in [0.15, 0.2) is 9.84 Å². The highest BCUT2D eigenvalue weighted by atomic mass is 35.5. The van der Waals surface area contributed by atoms with Gasteiger partial charge in [0.25, 0.3) is 5.91 Å². The van der Waals surface area contributed by atoms with E-state index < -0.39 is 9.84 Å². The summed E-state index contributed by atoms with van der Waals surface area (Å²) in [5, 5.41) is 3.38. The number of benzene rings is 2. The number of aryl methyl sites for hydroxylation is 1. The van der Waals surface area contributed by atoms with E-state index in [-0.39, 0.29) is 32.5 Å². The predicted octanol–water partition coefficient (Wildman–Crippen LogP) is 6.03. The van der Waals surface area contributed by atoms with Crippen molar-refractivity contribution in [2.75, 3.05) is 31.5 Å². The third-order valence-electron chi connectivity index (χ3n) is 9.25. The molecule has 0 spiro atoms. The molecule has 0 bridgehead atoms. The van der Waals surface area contributed by atoms with E-state index in [0.717, 1.165) is 42.8 Å². The van der Waals surface area contributed by atoms with Crippen LogP contribution in [0, 0.1) is 13.8 Å². The van der Waals surface area contributed by atoms with Crippen LogP contribution in [0.25, 0.3) is 11.6 Å². The first-order valence-electron chi connectivity index (χ1n) is 15.0. The van der Waals surface area contributed by atoms with E-state index in [1.807, 2.05) is 18.7 Å². The largest absolute Gasteiger partial charge is 0.359 e. The molecule has 11 heteroatoms. The number of aromatic nitrogens is 1. The van der Waals surface area contributed by atoms with Gasteiger partial charge in [-0.15, -0.1) is 0 Å². The summed E-state index contributed by atoms with van der Waals surface area (Å²) in [5.74, 6) is -0.576. The van der Waals surface area contributed by atoms with Crippen LogP contribution in [0.1, 0.15) is 59.3 Å². The van der Waals surface area contributed by atoms with Crippen molar-refractivity contribution in [2.24, 2.45) is 0 Å². The number of amides is 2. The van der Waals surface area contributed by atoms with E-state index in [1.54, 1.807) is 30.3 Å². The minimum atomic E-state index is -3.82. The molecule has 0 aliphatic carbocycles. The molecule has 2 N–H and O–H groups in total. The van der Waals surface area contributed by atoms with Crippen LogP contribution in [0.5, 0.6) is 0 Å². The molecule has 44 heavy (non-hydrogen) atoms. The van der Waals surface area contributed by atoms with Crippen LogP contribution in [-0.4, -0.2) is 67.2 Å². The van der Waals surface area contributed by atoms with Gasteiger partial charge in [-0.2, -0.15) is 0 Å². The quantitative estimate of drug-likeness (QED) is 0.303. The molecule has 3 aliphatic heterocycles. The second-order valence-corrected chi connectivity index (χ2v) is 14.8. The van der Waals surface area contributed by atoms with Gasteiger partial charge < -0.3 is 20.1 Å². The Balaban J connectivity index is 1.21. The van der Waals surface area contributed by atoms with Gasteiger partial charge in [0.2, 0.25) is 5.91 Å². The number of piperidine rings is 1. The second kappa shape index (κ2) is 12.4. The van der Waals surface area contributed by atoms with Crippen LogP contribution in [-0.2, 0) is 31.6 Å². The number of nitrogens with one attached hydrogen (secondary N) is 2. The number of sulfone groups is 1. The van der Waals surface area contributed by atoms with Crippen LogP contribution in [0.4, 0.5) is 5.69 Å². The smallest absolute Gasteiger partial charge is 0.256 e. The molecule has 0 radical (unpaired) electrons. The Morgan fingerprint density at radius 1 is 1.00 bits per heavy atom. The summed E-state index contributed by atoms with van der Waals surface area (Å²) in [7, 11) is -3.82. The number of fused-ring (bicyclic) bond motifs is 1. The third-order valence-corrected chi connectivity index (χ3v) is 11.6. The Kier molecular flexibility index (Phi) is 8.67. The molecule has 4 heterocycles. The second-order valence-electron chi connectivity index (χ2n) is 12.0. The first-order chi connectivity index (χ1) is 21.0. The van der Waals surface area contributed by atoms with E-state index in [0.29, 0.717) is 40.5 Å². The number of nitrogens with zero attached hydrogens (tertiary/aromatic N) is 2. The van der Waals surface area contributed by atoms with Crippen molar-refractivity contribution in [2.45, 2.75) is 62.6 Å². The Morgan fingerprint density at radius 2 is 1.68 bits per heavy atom. The number of anilines is 1. The number of hydrogen-bond acceptors (Lipinski definition) is 5. The number of halogens is 2. The minimum absolute atomic E-state index is 0.0637. The predicted molar refractivity (Wildman–Crippen MR) is 175 cm³/mol. The maximum absolute atomic E-state index is 13.4. The molecule has 8 nitrogen and oxygen atoms in total. The molecular formula is C33H36Cl2N4O4S. The Hall–Kier alpha value is -3.11. The normalized spacial score (nSPS) is 18.7. The van der Waals surface area contributed by atoms with Gasteiger partial charge in [-0.25, -0.2) is 8.42 Å². The zero-order chi connectivity index (χ0) is 31.2. The Labute approximate surface area is 268 Å². The fraction of sp³-hybridized carbons (Fsp3) is 0.394. The van der Waals surface area contributed by atoms with E-state index in [2.05, 4.69) is 15.2 Å². The zero-order valence-corrected chi connectivity index (χ0v) is 27.2. The molecule has 1 aromatic heterocycles. The first kappa shape index (κ1) is 30.9. The highest BCUT2D eigenvalue weighted by Crippen LogP contribution is 2.37. The van der Waals surface area contributed by atoms with Crippen molar-refractivity contribution < 1.29 is 18.0 Å². The molecule has 3 aromatic rings. The van der Waals surface area contributed by atoms with Gasteiger partial charge in [0.1, 0.15) is 0 Å². The monoisotopic (exact) mass is 654 g/mol. The molecule has 2 saturated heterocycles. The molecule has 2 aromatic carbocycles. The molecule has 6 rings (SSSR count). The van der Waals surface area contributed by atoms with Crippen LogP contribution in [0.3, 0.4) is 0 Å². The van der Waals surface area contributed by atoms with E-state index in [4.69, 9.17) is 23.2 Å². The molecule has 0 saturated carbocycles. The van der Waals surface area contributed by atoms with Gasteiger partial charge >= 0.3 is 0 Å². The number of hydrogen-bond donors (Lipinski definition) is 2. The van der Waals surface area contributed by atoms with Crippen molar-refractivity contribution in [3.63, 3.8) is 0 Å². The lowest BCUT2D eigenvalue weighted by atomic mass is 10.0. The molecule has 232 valence electrons. The molecule has 2 amide bonds. The van der Waals surface area contributed by atoms with Crippen molar-refractivity contribution in [3.05, 3.63) is 80.1 Å². The van der Waals surface area contributed by atoms with E-state index in [9.17, 15) is 18.0 Å². The number of carbonyl (C=O) groups excluding carboxylic acids is 2. The summed E-state index contributed by atoms with van der Waals surface area (Å²) < 4.78 is 26.8. The molecular weight excluding hydrogens is 619 g/mol. The topological polar surface area (TPSA) is 103 Å². The van der Waals surface area contributed by atoms with E-state index >= 15 is 0 Å². The lowest BCUT2D eigenvalue weighted by molar-refractivity contribution is -0.132. The minimum Gasteiger partial charge on any atom is -0.359 e. The maximum Gasteiger partial charge on any atom is 0.256 e.